The number of piperidine rings is 1. The van der Waals surface area contributed by atoms with Crippen molar-refractivity contribution < 1.29 is 17.6 Å². The molecule has 0 saturated carbocycles. The van der Waals surface area contributed by atoms with E-state index in [-0.39, 0.29) is 16.0 Å². The maximum atomic E-state index is 12.8. The fourth-order valence-corrected chi connectivity index (χ4v) is 4.59. The van der Waals surface area contributed by atoms with Gasteiger partial charge in [-0.1, -0.05) is 19.8 Å². The zero-order valence-corrected chi connectivity index (χ0v) is 15.5. The van der Waals surface area contributed by atoms with Gasteiger partial charge in [0.2, 0.25) is 10.0 Å². The van der Waals surface area contributed by atoms with E-state index in [9.17, 15) is 18.0 Å². The minimum atomic E-state index is -3.63. The lowest BCUT2D eigenvalue weighted by molar-refractivity contribution is 0.241. The topological polar surface area (TPSA) is 102 Å². The highest BCUT2D eigenvalue weighted by Crippen LogP contribution is 2.24. The normalized spacial score (nSPS) is 16.0. The first-order valence-electron chi connectivity index (χ1n) is 8.89. The summed E-state index contributed by atoms with van der Waals surface area (Å²) >= 11 is 0. The Kier molecular flexibility index (Phi) is 5.47. The number of amides is 1. The zero-order valence-electron chi connectivity index (χ0n) is 14.7. The Balaban J connectivity index is 1.93. The van der Waals surface area contributed by atoms with Gasteiger partial charge in [-0.3, -0.25) is 0 Å². The van der Waals surface area contributed by atoms with Crippen molar-refractivity contribution in [1.29, 1.82) is 0 Å². The van der Waals surface area contributed by atoms with Crippen molar-refractivity contribution in [2.24, 2.45) is 0 Å². The van der Waals surface area contributed by atoms with Gasteiger partial charge in [0.05, 0.1) is 10.4 Å². The Hall–Kier alpha value is -2.13. The summed E-state index contributed by atoms with van der Waals surface area (Å²) in [4.78, 5) is 24.3. The summed E-state index contributed by atoms with van der Waals surface area (Å²) < 4.78 is 33.0. The highest BCUT2D eigenvalue weighted by Gasteiger charge is 2.27. The molecule has 1 aromatic heterocycles. The van der Waals surface area contributed by atoms with E-state index in [0.29, 0.717) is 19.6 Å². The number of unbranched alkanes of at least 4 members (excludes halogenated alkanes) is 1. The number of nitrogens with one attached hydrogen (secondary N) is 1. The molecule has 26 heavy (non-hydrogen) atoms. The fraction of sp³-hybridized carbons (Fsp3) is 0.529. The SMILES string of the molecule is CCCCNC(=O)n1c(=O)oc2cc(S(=O)(=O)N3CCCCC3)ccc21. The molecule has 0 atom stereocenters. The van der Waals surface area contributed by atoms with E-state index in [0.717, 1.165) is 36.7 Å². The first kappa shape index (κ1) is 18.7. The highest BCUT2D eigenvalue weighted by molar-refractivity contribution is 7.89. The quantitative estimate of drug-likeness (QED) is 0.800. The van der Waals surface area contributed by atoms with Crippen LogP contribution < -0.4 is 11.1 Å². The number of rotatable bonds is 5. The third-order valence-corrected chi connectivity index (χ3v) is 6.41. The van der Waals surface area contributed by atoms with Gasteiger partial charge in [-0.15, -0.1) is 0 Å². The van der Waals surface area contributed by atoms with Crippen LogP contribution in [0.4, 0.5) is 4.79 Å². The molecule has 1 amide bonds. The molecule has 142 valence electrons. The van der Waals surface area contributed by atoms with Crippen LogP contribution in [0.1, 0.15) is 39.0 Å². The summed E-state index contributed by atoms with van der Waals surface area (Å²) in [5.41, 5.74) is 0.334. The molecule has 2 heterocycles. The molecule has 9 heteroatoms. The standard InChI is InChI=1S/C17H23N3O5S/c1-2-3-9-18-16(21)20-14-8-7-13(12-15(14)25-17(20)22)26(23,24)19-10-5-4-6-11-19/h7-8,12H,2-6,9-11H2,1H3,(H,18,21). The van der Waals surface area contributed by atoms with Crippen molar-refractivity contribution in [1.82, 2.24) is 14.2 Å². The van der Waals surface area contributed by atoms with Crippen LogP contribution in [0.15, 0.2) is 32.3 Å². The van der Waals surface area contributed by atoms with Gasteiger partial charge < -0.3 is 9.73 Å². The van der Waals surface area contributed by atoms with Crippen molar-refractivity contribution in [3.05, 3.63) is 28.7 Å². The van der Waals surface area contributed by atoms with E-state index in [1.165, 1.54) is 22.5 Å². The number of carbonyl (C=O) groups is 1. The molecule has 0 unspecified atom stereocenters. The molecule has 0 radical (unpaired) electrons. The van der Waals surface area contributed by atoms with Crippen LogP contribution in [0.2, 0.25) is 0 Å². The molecule has 1 saturated heterocycles. The summed E-state index contributed by atoms with van der Waals surface area (Å²) in [5.74, 6) is -0.832. The van der Waals surface area contributed by atoms with E-state index < -0.39 is 21.8 Å². The van der Waals surface area contributed by atoms with Gasteiger partial charge in [0.1, 0.15) is 0 Å². The minimum Gasteiger partial charge on any atom is -0.407 e. The summed E-state index contributed by atoms with van der Waals surface area (Å²) in [6.45, 7) is 3.43. The van der Waals surface area contributed by atoms with Crippen molar-refractivity contribution in [2.45, 2.75) is 43.9 Å². The molecule has 3 rings (SSSR count). The molecule has 1 aliphatic rings. The van der Waals surface area contributed by atoms with Crippen molar-refractivity contribution in [2.75, 3.05) is 19.6 Å². The lowest BCUT2D eigenvalue weighted by atomic mass is 10.2. The zero-order chi connectivity index (χ0) is 18.7. The lowest BCUT2D eigenvalue weighted by Gasteiger charge is -2.25. The second kappa shape index (κ2) is 7.63. The molecule has 0 bridgehead atoms. The number of aromatic nitrogens is 1. The fourth-order valence-electron chi connectivity index (χ4n) is 3.06. The Morgan fingerprint density at radius 2 is 1.96 bits per heavy atom. The Bertz CT molecular complexity index is 954. The summed E-state index contributed by atoms with van der Waals surface area (Å²) in [6.07, 6.45) is 4.42. The van der Waals surface area contributed by atoms with Crippen LogP contribution in [0.3, 0.4) is 0 Å². The number of hydrogen-bond donors (Lipinski definition) is 1. The van der Waals surface area contributed by atoms with Crippen LogP contribution in [0, 0.1) is 0 Å². The van der Waals surface area contributed by atoms with Gasteiger partial charge in [0.25, 0.3) is 0 Å². The van der Waals surface area contributed by atoms with Crippen LogP contribution >= 0.6 is 0 Å². The van der Waals surface area contributed by atoms with E-state index >= 15 is 0 Å². The van der Waals surface area contributed by atoms with Crippen LogP contribution in [0.25, 0.3) is 11.1 Å². The summed E-state index contributed by atoms with van der Waals surface area (Å²) in [6, 6.07) is 3.60. The van der Waals surface area contributed by atoms with Crippen LogP contribution in [-0.2, 0) is 10.0 Å². The molecular weight excluding hydrogens is 358 g/mol. The number of sulfonamides is 1. The predicted octanol–water partition coefficient (Wildman–Crippen LogP) is 2.13. The highest BCUT2D eigenvalue weighted by atomic mass is 32.2. The van der Waals surface area contributed by atoms with Crippen molar-refractivity contribution >= 4 is 27.2 Å². The van der Waals surface area contributed by atoms with Gasteiger partial charge >= 0.3 is 11.8 Å². The van der Waals surface area contributed by atoms with E-state index in [1.807, 2.05) is 6.92 Å². The number of nitrogens with zero attached hydrogens (tertiary/aromatic N) is 2. The molecular formula is C17H23N3O5S. The van der Waals surface area contributed by atoms with Crippen molar-refractivity contribution in [3.63, 3.8) is 0 Å². The smallest absolute Gasteiger partial charge is 0.407 e. The van der Waals surface area contributed by atoms with Gasteiger partial charge in [-0.25, -0.2) is 18.0 Å². The number of oxazole rings is 1. The van der Waals surface area contributed by atoms with Crippen molar-refractivity contribution in [3.8, 4) is 0 Å². The van der Waals surface area contributed by atoms with E-state index in [2.05, 4.69) is 5.32 Å². The molecule has 0 aliphatic carbocycles. The number of benzene rings is 1. The average molecular weight is 381 g/mol. The second-order valence-electron chi connectivity index (χ2n) is 6.38. The summed E-state index contributed by atoms with van der Waals surface area (Å²) in [7, 11) is -3.63. The third kappa shape index (κ3) is 3.54. The van der Waals surface area contributed by atoms with E-state index in [4.69, 9.17) is 4.42 Å². The minimum absolute atomic E-state index is 0.0687. The maximum absolute atomic E-state index is 12.8. The first-order chi connectivity index (χ1) is 12.4. The molecule has 8 nitrogen and oxygen atoms in total. The monoisotopic (exact) mass is 381 g/mol. The van der Waals surface area contributed by atoms with Gasteiger partial charge in [0, 0.05) is 25.7 Å². The number of carbonyl (C=O) groups excluding carboxylic acids is 1. The Morgan fingerprint density at radius 1 is 1.23 bits per heavy atom. The Labute approximate surface area is 151 Å². The Morgan fingerprint density at radius 3 is 2.65 bits per heavy atom. The molecule has 1 aliphatic heterocycles. The van der Waals surface area contributed by atoms with Gasteiger partial charge in [-0.05, 0) is 31.4 Å². The van der Waals surface area contributed by atoms with Gasteiger partial charge in [0.15, 0.2) is 5.58 Å². The van der Waals surface area contributed by atoms with E-state index in [1.54, 1.807) is 0 Å². The second-order valence-corrected chi connectivity index (χ2v) is 8.32. The predicted molar refractivity (Wildman–Crippen MR) is 96.8 cm³/mol. The average Bonchev–Trinajstić information content (AvgIpc) is 2.97. The molecule has 0 spiro atoms. The molecule has 1 N–H and O–H groups in total. The molecule has 1 aromatic carbocycles. The maximum Gasteiger partial charge on any atom is 0.428 e. The number of fused-ring (bicyclic) bond motifs is 1. The molecule has 1 fully saturated rings. The van der Waals surface area contributed by atoms with Gasteiger partial charge in [-0.2, -0.15) is 8.87 Å². The molecule has 2 aromatic rings. The van der Waals surface area contributed by atoms with Crippen LogP contribution in [0.5, 0.6) is 0 Å². The largest absolute Gasteiger partial charge is 0.428 e. The summed E-state index contributed by atoms with van der Waals surface area (Å²) in [5, 5.41) is 2.65. The number of hydrogen-bond acceptors (Lipinski definition) is 5. The van der Waals surface area contributed by atoms with Crippen LogP contribution in [-0.4, -0.2) is 43.0 Å². The lowest BCUT2D eigenvalue weighted by Crippen LogP contribution is -2.35. The third-order valence-electron chi connectivity index (χ3n) is 4.51. The first-order valence-corrected chi connectivity index (χ1v) is 10.3.